The second-order valence-electron chi connectivity index (χ2n) is 10.5. The van der Waals surface area contributed by atoms with Crippen LogP contribution in [0.4, 0.5) is 13.2 Å². The summed E-state index contributed by atoms with van der Waals surface area (Å²) < 4.78 is 50.4. The molecule has 8 nitrogen and oxygen atoms in total. The number of carboxylic acid groups (broad SMARTS) is 1. The van der Waals surface area contributed by atoms with E-state index < -0.39 is 18.1 Å². The van der Waals surface area contributed by atoms with Crippen molar-refractivity contribution < 1.29 is 51.7 Å². The van der Waals surface area contributed by atoms with Crippen molar-refractivity contribution in [2.24, 2.45) is 0 Å². The van der Waals surface area contributed by atoms with Gasteiger partial charge in [-0.25, -0.2) is 0 Å². The Labute approximate surface area is 241 Å². The number of likely N-dealkylation sites (tertiary alicyclic amines) is 1. The van der Waals surface area contributed by atoms with Gasteiger partial charge in [-0.2, -0.15) is 13.2 Å². The van der Waals surface area contributed by atoms with Crippen molar-refractivity contribution in [1.82, 2.24) is 0 Å². The van der Waals surface area contributed by atoms with Gasteiger partial charge < -0.3 is 33.7 Å². The summed E-state index contributed by atoms with van der Waals surface area (Å²) >= 11 is 0. The van der Waals surface area contributed by atoms with Crippen LogP contribution in [0.1, 0.15) is 35.4 Å². The molecule has 0 amide bonds. The van der Waals surface area contributed by atoms with Crippen LogP contribution in [0.25, 0.3) is 0 Å². The van der Waals surface area contributed by atoms with E-state index in [0.717, 1.165) is 59.4 Å². The summed E-state index contributed by atoms with van der Waals surface area (Å²) in [5.41, 5.74) is 2.59. The number of aliphatic hydroxyl groups excluding tert-OH is 1. The highest BCUT2D eigenvalue weighted by Crippen LogP contribution is 2.44. The Kier molecular flexibility index (Phi) is 9.74. The average Bonchev–Trinajstić information content (AvgIpc) is 3.34. The molecule has 1 fully saturated rings. The fraction of sp³-hybridized carbons (Fsp3) is 0.355. The lowest BCUT2D eigenvalue weighted by Crippen LogP contribution is -2.44. The van der Waals surface area contributed by atoms with Crippen molar-refractivity contribution in [3.05, 3.63) is 89.5 Å². The zero-order valence-corrected chi connectivity index (χ0v) is 23.0. The van der Waals surface area contributed by atoms with Crippen molar-refractivity contribution in [1.29, 1.82) is 0 Å². The third-order valence-corrected chi connectivity index (χ3v) is 7.28. The lowest BCUT2D eigenvalue weighted by Gasteiger charge is -2.30. The van der Waals surface area contributed by atoms with E-state index in [1.54, 1.807) is 0 Å². The van der Waals surface area contributed by atoms with Gasteiger partial charge in [0.25, 0.3) is 0 Å². The first kappa shape index (κ1) is 30.9. The highest BCUT2D eigenvalue weighted by atomic mass is 19.4. The number of aliphatic hydroxyl groups is 1. The van der Waals surface area contributed by atoms with Gasteiger partial charge in [0.2, 0.25) is 0 Å². The molecule has 42 heavy (non-hydrogen) atoms. The molecule has 224 valence electrons. The number of quaternary nitrogens is 1. The first-order valence-corrected chi connectivity index (χ1v) is 13.5. The fourth-order valence-electron chi connectivity index (χ4n) is 5.15. The number of carbonyl (C=O) groups excluding carboxylic acids is 2. The molecular formula is C31H32F3NO7. The number of hydrogen-bond acceptors (Lipinski definition) is 7. The summed E-state index contributed by atoms with van der Waals surface area (Å²) in [6, 6.07) is 22.9. The summed E-state index contributed by atoms with van der Waals surface area (Å²) in [4.78, 5) is 22.2. The van der Waals surface area contributed by atoms with Crippen LogP contribution in [-0.2, 0) is 20.9 Å². The molecule has 11 heteroatoms. The minimum Gasteiger partial charge on any atom is -0.542 e. The Morgan fingerprint density at radius 3 is 2.12 bits per heavy atom. The highest BCUT2D eigenvalue weighted by molar-refractivity contribution is 5.85. The minimum atomic E-state index is -5.19. The number of likely N-dealkylation sites (N-methyl/N-ethyl adjacent to an activating group) is 1. The van der Waals surface area contributed by atoms with Gasteiger partial charge in [-0.1, -0.05) is 48.5 Å². The van der Waals surface area contributed by atoms with Crippen molar-refractivity contribution >= 4 is 11.9 Å². The Balaban J connectivity index is 0.000000517. The van der Waals surface area contributed by atoms with Crippen molar-refractivity contribution in [2.45, 2.75) is 37.6 Å². The van der Waals surface area contributed by atoms with E-state index in [9.17, 15) is 18.0 Å². The first-order chi connectivity index (χ1) is 20.0. The number of halogens is 3. The monoisotopic (exact) mass is 587 g/mol. The molecule has 1 N–H and O–H groups in total. The van der Waals surface area contributed by atoms with Gasteiger partial charge >= 0.3 is 12.1 Å². The lowest BCUT2D eigenvalue weighted by molar-refractivity contribution is -0.899. The SMILES string of the molecule is C[N+]1(CCCOc2ccc(CO)cc2)CCC(OC(=O)C2c3ccccc3Oc3ccccc32)C1.O=C([O-])C(F)(F)F. The van der Waals surface area contributed by atoms with Gasteiger partial charge in [0, 0.05) is 24.0 Å². The third kappa shape index (κ3) is 7.80. The molecule has 2 aliphatic heterocycles. The zero-order chi connectivity index (χ0) is 30.3. The van der Waals surface area contributed by atoms with Crippen LogP contribution in [-0.4, -0.2) is 67.1 Å². The Bertz CT molecular complexity index is 1330. The lowest BCUT2D eigenvalue weighted by atomic mass is 9.88. The number of carboxylic acids is 1. The summed E-state index contributed by atoms with van der Waals surface area (Å²) in [5.74, 6) is -1.44. The molecule has 0 aromatic heterocycles. The molecule has 5 rings (SSSR count). The van der Waals surface area contributed by atoms with E-state index >= 15 is 0 Å². The maximum Gasteiger partial charge on any atom is 0.430 e. The van der Waals surface area contributed by atoms with Crippen molar-refractivity contribution in [3.8, 4) is 17.2 Å². The van der Waals surface area contributed by atoms with E-state index in [2.05, 4.69) is 7.05 Å². The molecule has 2 atom stereocenters. The Hall–Kier alpha value is -4.09. The molecule has 0 saturated carbocycles. The molecule has 0 radical (unpaired) electrons. The topological polar surface area (TPSA) is 105 Å². The summed E-state index contributed by atoms with van der Waals surface area (Å²) in [7, 11) is 2.23. The normalized spacial score (nSPS) is 19.4. The molecule has 3 aromatic rings. The summed E-state index contributed by atoms with van der Waals surface area (Å²) in [6.07, 6.45) is -3.51. The number of esters is 1. The fourth-order valence-corrected chi connectivity index (χ4v) is 5.15. The predicted molar refractivity (Wildman–Crippen MR) is 144 cm³/mol. The van der Waals surface area contributed by atoms with E-state index in [4.69, 9.17) is 29.2 Å². The molecule has 0 aliphatic carbocycles. The maximum atomic E-state index is 13.4. The second-order valence-corrected chi connectivity index (χ2v) is 10.5. The van der Waals surface area contributed by atoms with Gasteiger partial charge in [0.15, 0.2) is 6.10 Å². The number of para-hydroxylation sites is 2. The molecule has 2 unspecified atom stereocenters. The Morgan fingerprint density at radius 2 is 1.57 bits per heavy atom. The van der Waals surface area contributed by atoms with Crippen LogP contribution in [0.5, 0.6) is 17.2 Å². The molecular weight excluding hydrogens is 555 g/mol. The highest BCUT2D eigenvalue weighted by Gasteiger charge is 2.40. The molecule has 0 spiro atoms. The Morgan fingerprint density at radius 1 is 1.00 bits per heavy atom. The van der Waals surface area contributed by atoms with Crippen LogP contribution in [0, 0.1) is 0 Å². The quantitative estimate of drug-likeness (QED) is 0.242. The number of alkyl halides is 3. The average molecular weight is 588 g/mol. The van der Waals surface area contributed by atoms with Gasteiger partial charge in [0.05, 0.1) is 33.4 Å². The number of carbonyl (C=O) groups is 2. The van der Waals surface area contributed by atoms with E-state index in [1.807, 2.05) is 72.8 Å². The van der Waals surface area contributed by atoms with E-state index in [1.165, 1.54) is 0 Å². The van der Waals surface area contributed by atoms with Gasteiger partial charge in [-0.05, 0) is 29.8 Å². The van der Waals surface area contributed by atoms with Crippen molar-refractivity contribution in [2.75, 3.05) is 33.3 Å². The molecule has 3 aromatic carbocycles. The molecule has 2 aliphatic rings. The minimum absolute atomic E-state index is 0.0371. The second kappa shape index (κ2) is 13.3. The number of fused-ring (bicyclic) bond motifs is 2. The number of nitrogens with zero attached hydrogens (tertiary/aromatic N) is 1. The molecule has 2 heterocycles. The van der Waals surface area contributed by atoms with Crippen LogP contribution >= 0.6 is 0 Å². The summed E-state index contributed by atoms with van der Waals surface area (Å²) in [6.45, 7) is 3.42. The number of rotatable bonds is 8. The van der Waals surface area contributed by atoms with E-state index in [0.29, 0.717) is 18.1 Å². The number of aliphatic carboxylic acids is 1. The zero-order valence-electron chi connectivity index (χ0n) is 23.0. The van der Waals surface area contributed by atoms with Crippen LogP contribution < -0.4 is 14.6 Å². The van der Waals surface area contributed by atoms with Crippen LogP contribution in [0.2, 0.25) is 0 Å². The third-order valence-electron chi connectivity index (χ3n) is 7.28. The van der Waals surface area contributed by atoms with Gasteiger partial charge in [0.1, 0.15) is 35.7 Å². The number of benzene rings is 3. The number of hydrogen-bond donors (Lipinski definition) is 1. The van der Waals surface area contributed by atoms with E-state index in [-0.39, 0.29) is 18.7 Å². The van der Waals surface area contributed by atoms with Gasteiger partial charge in [-0.3, -0.25) is 4.79 Å². The maximum absolute atomic E-state index is 13.4. The molecule has 1 saturated heterocycles. The summed E-state index contributed by atoms with van der Waals surface area (Å²) in [5, 5.41) is 17.9. The van der Waals surface area contributed by atoms with Crippen LogP contribution in [0.3, 0.4) is 0 Å². The predicted octanol–water partition coefficient (Wildman–Crippen LogP) is 3.95. The van der Waals surface area contributed by atoms with Crippen molar-refractivity contribution in [3.63, 3.8) is 0 Å². The van der Waals surface area contributed by atoms with Crippen LogP contribution in [0.15, 0.2) is 72.8 Å². The first-order valence-electron chi connectivity index (χ1n) is 13.5. The standard InChI is InChI=1S/C29H32NO5.C2HF3O2/c1-30(16-6-18-33-22-13-11-21(20-31)12-14-22)17-15-23(19-30)34-29(32)28-24-7-2-4-9-26(24)35-27-10-5-3-8-25(27)28;3-2(4,5)1(6)7/h2-5,7-14,23,28,31H,6,15-20H2,1H3;(H,6,7)/q+1;/p-1. The molecule has 0 bridgehead atoms. The smallest absolute Gasteiger partial charge is 0.430 e. The largest absolute Gasteiger partial charge is 0.542 e. The number of ether oxygens (including phenoxy) is 3. The van der Waals surface area contributed by atoms with Gasteiger partial charge in [-0.15, -0.1) is 0 Å².